The highest BCUT2D eigenvalue weighted by Gasteiger charge is 2.17. The highest BCUT2D eigenvalue weighted by atomic mass is 35.5. The minimum Gasteiger partial charge on any atom is -0.263 e. The van der Waals surface area contributed by atoms with Gasteiger partial charge >= 0.3 is 0 Å². The number of hydrogen-bond donors (Lipinski definition) is 2. The predicted molar refractivity (Wildman–Crippen MR) is 69.3 cm³/mol. The fourth-order valence-electron chi connectivity index (χ4n) is 1.29. The molecule has 2 aromatic rings. The average molecular weight is 307 g/mol. The van der Waals surface area contributed by atoms with Crippen LogP contribution < -0.4 is 4.72 Å². The maximum Gasteiger partial charge on any atom is 0.250 e. The van der Waals surface area contributed by atoms with Crippen LogP contribution >= 0.6 is 22.9 Å². The van der Waals surface area contributed by atoms with Crippen LogP contribution in [0.1, 0.15) is 11.4 Å². The Morgan fingerprint density at radius 3 is 2.89 bits per heavy atom. The monoisotopic (exact) mass is 306 g/mol. The van der Waals surface area contributed by atoms with Crippen LogP contribution in [0.15, 0.2) is 16.6 Å². The van der Waals surface area contributed by atoms with Gasteiger partial charge in [0.2, 0.25) is 10.0 Å². The summed E-state index contributed by atoms with van der Waals surface area (Å²) in [4.78, 5) is 3.91. The molecule has 0 saturated heterocycles. The van der Waals surface area contributed by atoms with Crippen molar-refractivity contribution in [3.05, 3.63) is 28.1 Å². The third kappa shape index (κ3) is 3.08. The Labute approximate surface area is 113 Å². The van der Waals surface area contributed by atoms with Crippen LogP contribution in [0, 0.1) is 6.92 Å². The molecule has 0 bridgehead atoms. The van der Waals surface area contributed by atoms with E-state index in [1.54, 1.807) is 13.0 Å². The maximum absolute atomic E-state index is 11.9. The first-order valence-electron chi connectivity index (χ1n) is 5.09. The zero-order chi connectivity index (χ0) is 13.2. The van der Waals surface area contributed by atoms with E-state index >= 15 is 0 Å². The minimum atomic E-state index is -3.49. The highest BCUT2D eigenvalue weighted by Crippen LogP contribution is 2.29. The number of H-pyrrole nitrogens is 1. The molecule has 0 aliphatic heterocycles. The maximum atomic E-state index is 11.9. The Kier molecular flexibility index (Phi) is 4.00. The van der Waals surface area contributed by atoms with Crippen molar-refractivity contribution in [2.24, 2.45) is 0 Å². The van der Waals surface area contributed by atoms with Crippen molar-refractivity contribution in [3.63, 3.8) is 0 Å². The normalized spacial score (nSPS) is 11.9. The van der Waals surface area contributed by atoms with E-state index in [9.17, 15) is 8.42 Å². The van der Waals surface area contributed by atoms with E-state index in [0.29, 0.717) is 16.6 Å². The summed E-state index contributed by atoms with van der Waals surface area (Å²) < 4.78 is 27.0. The van der Waals surface area contributed by atoms with Crippen molar-refractivity contribution in [2.45, 2.75) is 17.6 Å². The number of aromatic amines is 1. The van der Waals surface area contributed by atoms with Gasteiger partial charge in [0, 0.05) is 13.0 Å². The van der Waals surface area contributed by atoms with Gasteiger partial charge in [0.25, 0.3) is 0 Å². The lowest BCUT2D eigenvalue weighted by atomic mass is 10.4. The molecular weight excluding hydrogens is 296 g/mol. The largest absolute Gasteiger partial charge is 0.263 e. The van der Waals surface area contributed by atoms with Gasteiger partial charge in [-0.2, -0.15) is 5.10 Å². The van der Waals surface area contributed by atoms with Crippen LogP contribution in [0.3, 0.4) is 0 Å². The lowest BCUT2D eigenvalue weighted by Crippen LogP contribution is -2.25. The van der Waals surface area contributed by atoms with E-state index in [1.165, 1.54) is 6.33 Å². The van der Waals surface area contributed by atoms with Crippen LogP contribution in [0.2, 0.25) is 4.34 Å². The number of aryl methyl sites for hydroxylation is 1. The zero-order valence-electron chi connectivity index (χ0n) is 9.47. The fourth-order valence-corrected chi connectivity index (χ4v) is 4.07. The van der Waals surface area contributed by atoms with Gasteiger partial charge in [-0.3, -0.25) is 5.10 Å². The van der Waals surface area contributed by atoms with Crippen molar-refractivity contribution < 1.29 is 8.42 Å². The number of rotatable bonds is 5. The Morgan fingerprint density at radius 2 is 2.33 bits per heavy atom. The second kappa shape index (κ2) is 5.35. The van der Waals surface area contributed by atoms with Gasteiger partial charge in [0.1, 0.15) is 16.4 Å². The third-order valence-electron chi connectivity index (χ3n) is 2.22. The molecular formula is C9H11ClN4O2S2. The van der Waals surface area contributed by atoms with Crippen LogP contribution in [0.5, 0.6) is 0 Å². The van der Waals surface area contributed by atoms with Gasteiger partial charge in [-0.15, -0.1) is 11.3 Å². The van der Waals surface area contributed by atoms with Gasteiger partial charge < -0.3 is 0 Å². The molecule has 0 radical (unpaired) electrons. The van der Waals surface area contributed by atoms with Crippen molar-refractivity contribution in [1.29, 1.82) is 0 Å². The Balaban J connectivity index is 1.99. The number of halogens is 1. The number of hydrogen-bond acceptors (Lipinski definition) is 5. The molecule has 0 aliphatic rings. The van der Waals surface area contributed by atoms with E-state index in [4.69, 9.17) is 11.6 Å². The Hall–Kier alpha value is -0.960. The van der Waals surface area contributed by atoms with Crippen molar-refractivity contribution in [2.75, 3.05) is 6.54 Å². The number of nitrogens with one attached hydrogen (secondary N) is 2. The summed E-state index contributed by atoms with van der Waals surface area (Å²) in [5, 5.41) is 6.34. The molecule has 9 heteroatoms. The number of aromatic nitrogens is 3. The number of sulfonamides is 1. The molecule has 2 heterocycles. The second-order valence-corrected chi connectivity index (χ2v) is 7.25. The molecule has 2 aromatic heterocycles. The number of nitrogens with zero attached hydrogens (tertiary/aromatic N) is 2. The molecule has 0 aromatic carbocycles. The van der Waals surface area contributed by atoms with E-state index < -0.39 is 10.0 Å². The molecule has 2 N–H and O–H groups in total. The van der Waals surface area contributed by atoms with E-state index in [1.807, 2.05) is 0 Å². The minimum absolute atomic E-state index is 0.225. The molecule has 2 rings (SSSR count). The van der Waals surface area contributed by atoms with E-state index in [0.717, 1.165) is 16.9 Å². The Morgan fingerprint density at radius 1 is 1.56 bits per heavy atom. The lowest BCUT2D eigenvalue weighted by Gasteiger charge is -2.02. The molecule has 18 heavy (non-hydrogen) atoms. The first-order valence-corrected chi connectivity index (χ1v) is 7.76. The van der Waals surface area contributed by atoms with Crippen LogP contribution in [0.4, 0.5) is 0 Å². The summed E-state index contributed by atoms with van der Waals surface area (Å²) in [5.41, 5.74) is 0.761. The topological polar surface area (TPSA) is 87.7 Å². The molecule has 0 fully saturated rings. The zero-order valence-corrected chi connectivity index (χ0v) is 11.9. The smallest absolute Gasteiger partial charge is 0.250 e. The van der Waals surface area contributed by atoms with Gasteiger partial charge in [-0.1, -0.05) is 11.6 Å². The SMILES string of the molecule is Cc1cc(S(=O)(=O)NCCc2ncn[nH]2)sc1Cl. The average Bonchev–Trinajstić information content (AvgIpc) is 2.90. The van der Waals surface area contributed by atoms with Crippen molar-refractivity contribution in [3.8, 4) is 0 Å². The summed E-state index contributed by atoms with van der Waals surface area (Å²) in [6.07, 6.45) is 1.84. The highest BCUT2D eigenvalue weighted by molar-refractivity contribution is 7.91. The molecule has 6 nitrogen and oxygen atoms in total. The predicted octanol–water partition coefficient (Wildman–Crippen LogP) is 1.35. The fraction of sp³-hybridized carbons (Fsp3) is 0.333. The van der Waals surface area contributed by atoms with Crippen LogP contribution in [0.25, 0.3) is 0 Å². The molecule has 98 valence electrons. The first kappa shape index (κ1) is 13.5. The third-order valence-corrected chi connectivity index (χ3v) is 5.71. The summed E-state index contributed by atoms with van der Waals surface area (Å²) in [5.74, 6) is 0.637. The summed E-state index contributed by atoms with van der Waals surface area (Å²) in [7, 11) is -3.49. The summed E-state index contributed by atoms with van der Waals surface area (Å²) in [6, 6.07) is 1.56. The summed E-state index contributed by atoms with van der Waals surface area (Å²) in [6.45, 7) is 2.03. The summed E-state index contributed by atoms with van der Waals surface area (Å²) >= 11 is 6.90. The van der Waals surface area contributed by atoms with Gasteiger partial charge in [-0.05, 0) is 18.6 Å². The Bertz CT molecular complexity index is 602. The van der Waals surface area contributed by atoms with Gasteiger partial charge in [0.15, 0.2) is 0 Å². The molecule has 0 saturated carbocycles. The van der Waals surface area contributed by atoms with Crippen LogP contribution in [-0.2, 0) is 16.4 Å². The number of thiophene rings is 1. The molecule has 0 atom stereocenters. The van der Waals surface area contributed by atoms with Gasteiger partial charge in [0.05, 0.1) is 4.34 Å². The quantitative estimate of drug-likeness (QED) is 0.873. The van der Waals surface area contributed by atoms with Gasteiger partial charge in [-0.25, -0.2) is 18.1 Å². The van der Waals surface area contributed by atoms with Crippen molar-refractivity contribution in [1.82, 2.24) is 19.9 Å². The lowest BCUT2D eigenvalue weighted by molar-refractivity contribution is 0.583. The van der Waals surface area contributed by atoms with E-state index in [-0.39, 0.29) is 10.8 Å². The second-order valence-electron chi connectivity index (χ2n) is 3.60. The first-order chi connectivity index (χ1) is 8.49. The van der Waals surface area contributed by atoms with Crippen LogP contribution in [-0.4, -0.2) is 30.1 Å². The molecule has 0 spiro atoms. The van der Waals surface area contributed by atoms with E-state index in [2.05, 4.69) is 19.9 Å². The molecule has 0 amide bonds. The molecule has 0 unspecified atom stereocenters. The molecule has 0 aliphatic carbocycles. The van der Waals surface area contributed by atoms with Crippen molar-refractivity contribution >= 4 is 33.0 Å². The standard InChI is InChI=1S/C9H11ClN4O2S2/c1-6-4-8(17-9(6)10)18(15,16)13-3-2-7-11-5-12-14-7/h4-5,13H,2-3H2,1H3,(H,11,12,14).